The van der Waals surface area contributed by atoms with Crippen LogP contribution in [0.15, 0.2) is 0 Å². The van der Waals surface area contributed by atoms with Crippen LogP contribution in [0.5, 0.6) is 0 Å². The summed E-state index contributed by atoms with van der Waals surface area (Å²) < 4.78 is 0. The van der Waals surface area contributed by atoms with E-state index in [2.05, 4.69) is 24.1 Å². The van der Waals surface area contributed by atoms with Crippen LogP contribution < -0.4 is 5.32 Å². The first kappa shape index (κ1) is 12.9. The van der Waals surface area contributed by atoms with E-state index in [4.69, 9.17) is 5.11 Å². The Bertz CT molecular complexity index is 156. The Hall–Kier alpha value is -0.120. The standard InChI is InChI=1S/C12H26N2O/c1-3-6-13-12-4-7-14(8-5-12)9-11(2)10-15/h11-13,15H,3-10H2,1-2H3. The van der Waals surface area contributed by atoms with Gasteiger partial charge in [0.1, 0.15) is 0 Å². The molecule has 0 spiro atoms. The van der Waals surface area contributed by atoms with Crippen molar-refractivity contribution < 1.29 is 5.11 Å². The molecule has 0 aromatic heterocycles. The largest absolute Gasteiger partial charge is 0.396 e. The van der Waals surface area contributed by atoms with Gasteiger partial charge in [0, 0.05) is 19.2 Å². The summed E-state index contributed by atoms with van der Waals surface area (Å²) in [6.45, 7) is 9.21. The van der Waals surface area contributed by atoms with Gasteiger partial charge in [0.15, 0.2) is 0 Å². The van der Waals surface area contributed by atoms with Crippen LogP contribution in [0.4, 0.5) is 0 Å². The monoisotopic (exact) mass is 214 g/mol. The van der Waals surface area contributed by atoms with E-state index in [9.17, 15) is 0 Å². The zero-order valence-electron chi connectivity index (χ0n) is 10.2. The van der Waals surface area contributed by atoms with E-state index in [1.165, 1.54) is 32.4 Å². The fourth-order valence-electron chi connectivity index (χ4n) is 2.17. The van der Waals surface area contributed by atoms with E-state index in [-0.39, 0.29) is 0 Å². The van der Waals surface area contributed by atoms with Crippen molar-refractivity contribution in [3.05, 3.63) is 0 Å². The third kappa shape index (κ3) is 4.96. The summed E-state index contributed by atoms with van der Waals surface area (Å²) >= 11 is 0. The molecule has 1 fully saturated rings. The molecule has 1 rings (SSSR count). The topological polar surface area (TPSA) is 35.5 Å². The molecule has 0 radical (unpaired) electrons. The summed E-state index contributed by atoms with van der Waals surface area (Å²) in [5.41, 5.74) is 0. The Balaban J connectivity index is 2.12. The predicted molar refractivity (Wildman–Crippen MR) is 64.0 cm³/mol. The van der Waals surface area contributed by atoms with Crippen LogP contribution in [-0.2, 0) is 0 Å². The maximum Gasteiger partial charge on any atom is 0.0468 e. The van der Waals surface area contributed by atoms with E-state index in [1.807, 2.05) is 0 Å². The maximum atomic E-state index is 8.99. The molecule has 1 aliphatic heterocycles. The molecule has 1 unspecified atom stereocenters. The normalized spacial score (nSPS) is 21.8. The van der Waals surface area contributed by atoms with Crippen molar-refractivity contribution in [1.29, 1.82) is 0 Å². The quantitative estimate of drug-likeness (QED) is 0.694. The van der Waals surface area contributed by atoms with Gasteiger partial charge in [-0.3, -0.25) is 0 Å². The summed E-state index contributed by atoms with van der Waals surface area (Å²) in [4.78, 5) is 2.48. The number of piperidine rings is 1. The van der Waals surface area contributed by atoms with Gasteiger partial charge in [-0.15, -0.1) is 0 Å². The van der Waals surface area contributed by atoms with Crippen LogP contribution in [0.2, 0.25) is 0 Å². The SMILES string of the molecule is CCCNC1CCN(CC(C)CO)CC1. The molecule has 3 heteroatoms. The molecular formula is C12H26N2O. The molecule has 0 amide bonds. The molecule has 3 nitrogen and oxygen atoms in total. The van der Waals surface area contributed by atoms with Gasteiger partial charge in [-0.25, -0.2) is 0 Å². The van der Waals surface area contributed by atoms with Gasteiger partial charge in [0.25, 0.3) is 0 Å². The molecule has 90 valence electrons. The lowest BCUT2D eigenvalue weighted by Crippen LogP contribution is -2.44. The van der Waals surface area contributed by atoms with Gasteiger partial charge in [-0.1, -0.05) is 13.8 Å². The highest BCUT2D eigenvalue weighted by Crippen LogP contribution is 2.11. The second kappa shape index (κ2) is 7.20. The van der Waals surface area contributed by atoms with E-state index in [0.29, 0.717) is 12.5 Å². The Labute approximate surface area is 93.9 Å². The minimum Gasteiger partial charge on any atom is -0.396 e. The number of likely N-dealkylation sites (tertiary alicyclic amines) is 1. The van der Waals surface area contributed by atoms with Crippen LogP contribution in [-0.4, -0.2) is 48.8 Å². The van der Waals surface area contributed by atoms with Gasteiger partial charge >= 0.3 is 0 Å². The number of nitrogens with one attached hydrogen (secondary N) is 1. The highest BCUT2D eigenvalue weighted by molar-refractivity contribution is 4.77. The molecule has 0 aromatic carbocycles. The maximum absolute atomic E-state index is 8.99. The van der Waals surface area contributed by atoms with Gasteiger partial charge in [-0.05, 0) is 44.8 Å². The van der Waals surface area contributed by atoms with Crippen molar-refractivity contribution in [2.24, 2.45) is 5.92 Å². The molecule has 15 heavy (non-hydrogen) atoms. The van der Waals surface area contributed by atoms with Crippen molar-refractivity contribution >= 4 is 0 Å². The van der Waals surface area contributed by atoms with Crippen LogP contribution in [0.3, 0.4) is 0 Å². The first-order valence-electron chi connectivity index (χ1n) is 6.32. The van der Waals surface area contributed by atoms with E-state index in [1.54, 1.807) is 0 Å². The van der Waals surface area contributed by atoms with Gasteiger partial charge in [0.2, 0.25) is 0 Å². The number of hydrogen-bond donors (Lipinski definition) is 2. The number of rotatable bonds is 6. The highest BCUT2D eigenvalue weighted by atomic mass is 16.3. The third-order valence-corrected chi connectivity index (χ3v) is 3.15. The average molecular weight is 214 g/mol. The van der Waals surface area contributed by atoms with Gasteiger partial charge in [-0.2, -0.15) is 0 Å². The van der Waals surface area contributed by atoms with Crippen LogP contribution in [0.1, 0.15) is 33.1 Å². The second-order valence-electron chi connectivity index (χ2n) is 4.82. The van der Waals surface area contributed by atoms with Crippen molar-refractivity contribution in [3.63, 3.8) is 0 Å². The number of nitrogens with zero attached hydrogens (tertiary/aromatic N) is 1. The second-order valence-corrected chi connectivity index (χ2v) is 4.82. The molecule has 2 N–H and O–H groups in total. The van der Waals surface area contributed by atoms with Crippen molar-refractivity contribution in [2.75, 3.05) is 32.8 Å². The fourth-order valence-corrected chi connectivity index (χ4v) is 2.17. The van der Waals surface area contributed by atoms with E-state index < -0.39 is 0 Å². The van der Waals surface area contributed by atoms with E-state index >= 15 is 0 Å². The molecule has 1 aliphatic rings. The Morgan fingerprint density at radius 1 is 1.40 bits per heavy atom. The third-order valence-electron chi connectivity index (χ3n) is 3.15. The number of hydrogen-bond acceptors (Lipinski definition) is 3. The lowest BCUT2D eigenvalue weighted by atomic mass is 10.0. The van der Waals surface area contributed by atoms with Crippen molar-refractivity contribution in [3.8, 4) is 0 Å². The smallest absolute Gasteiger partial charge is 0.0468 e. The molecular weight excluding hydrogens is 188 g/mol. The van der Waals surface area contributed by atoms with Crippen molar-refractivity contribution in [2.45, 2.75) is 39.2 Å². The molecule has 1 atom stereocenters. The summed E-state index contributed by atoms with van der Waals surface area (Å²) in [6.07, 6.45) is 3.75. The van der Waals surface area contributed by atoms with Crippen LogP contribution in [0, 0.1) is 5.92 Å². The van der Waals surface area contributed by atoms with Gasteiger partial charge < -0.3 is 15.3 Å². The minimum atomic E-state index is 0.314. The Morgan fingerprint density at radius 3 is 2.60 bits per heavy atom. The first-order valence-corrected chi connectivity index (χ1v) is 6.32. The summed E-state index contributed by atoms with van der Waals surface area (Å²) in [5.74, 6) is 0.421. The lowest BCUT2D eigenvalue weighted by Gasteiger charge is -2.33. The Kier molecular flexibility index (Phi) is 6.22. The average Bonchev–Trinajstić information content (AvgIpc) is 2.28. The number of aliphatic hydroxyl groups excluding tert-OH is 1. The summed E-state index contributed by atoms with van der Waals surface area (Å²) in [6, 6.07) is 0.727. The highest BCUT2D eigenvalue weighted by Gasteiger charge is 2.19. The summed E-state index contributed by atoms with van der Waals surface area (Å²) in [5, 5.41) is 12.6. The Morgan fingerprint density at radius 2 is 2.07 bits per heavy atom. The molecule has 0 aliphatic carbocycles. The number of aliphatic hydroxyl groups is 1. The minimum absolute atomic E-state index is 0.314. The van der Waals surface area contributed by atoms with E-state index in [0.717, 1.165) is 19.1 Å². The van der Waals surface area contributed by atoms with Crippen LogP contribution >= 0.6 is 0 Å². The molecule has 0 aromatic rings. The molecule has 0 bridgehead atoms. The lowest BCUT2D eigenvalue weighted by molar-refractivity contribution is 0.143. The zero-order valence-corrected chi connectivity index (χ0v) is 10.2. The molecule has 1 saturated heterocycles. The van der Waals surface area contributed by atoms with Gasteiger partial charge in [0.05, 0.1) is 0 Å². The van der Waals surface area contributed by atoms with Crippen molar-refractivity contribution in [1.82, 2.24) is 10.2 Å². The zero-order chi connectivity index (χ0) is 11.1. The predicted octanol–water partition coefficient (Wildman–Crippen LogP) is 1.08. The summed E-state index contributed by atoms with van der Waals surface area (Å²) in [7, 11) is 0. The molecule has 0 saturated carbocycles. The first-order chi connectivity index (χ1) is 7.26. The van der Waals surface area contributed by atoms with Crippen LogP contribution in [0.25, 0.3) is 0 Å². The molecule has 1 heterocycles. The fraction of sp³-hybridized carbons (Fsp3) is 1.00.